The standard InChI is InChI=1S/C20H23NO5/c1-14(20(23)21-13-15-7-9-17(24-2)10-8-15)26-19(22)12-16-5-4-6-18(11-16)25-3/h4-11,14H,12-13H2,1-3H3,(H,21,23)/t14-/m0/s1. The zero-order valence-corrected chi connectivity index (χ0v) is 15.2. The number of benzene rings is 2. The molecule has 1 N–H and O–H groups in total. The maximum absolute atomic E-state index is 12.1. The third-order valence-electron chi connectivity index (χ3n) is 3.79. The van der Waals surface area contributed by atoms with Gasteiger partial charge in [-0.3, -0.25) is 9.59 Å². The lowest BCUT2D eigenvalue weighted by Gasteiger charge is -2.14. The van der Waals surface area contributed by atoms with Crippen LogP contribution in [0.15, 0.2) is 48.5 Å². The van der Waals surface area contributed by atoms with Crippen LogP contribution in [0.5, 0.6) is 11.5 Å². The van der Waals surface area contributed by atoms with Crippen LogP contribution in [0.1, 0.15) is 18.1 Å². The van der Waals surface area contributed by atoms with Crippen molar-refractivity contribution in [1.82, 2.24) is 5.32 Å². The number of esters is 1. The summed E-state index contributed by atoms with van der Waals surface area (Å²) in [5.41, 5.74) is 1.69. The number of hydrogen-bond donors (Lipinski definition) is 1. The first-order valence-electron chi connectivity index (χ1n) is 8.25. The van der Waals surface area contributed by atoms with Gasteiger partial charge in [-0.2, -0.15) is 0 Å². The summed E-state index contributed by atoms with van der Waals surface area (Å²) in [5.74, 6) is 0.602. The van der Waals surface area contributed by atoms with Crippen molar-refractivity contribution >= 4 is 11.9 Å². The second kappa shape index (κ2) is 9.46. The van der Waals surface area contributed by atoms with E-state index in [1.807, 2.05) is 24.3 Å². The van der Waals surface area contributed by atoms with Crippen LogP contribution < -0.4 is 14.8 Å². The Bertz CT molecular complexity index is 742. The van der Waals surface area contributed by atoms with Crippen LogP contribution in [0.25, 0.3) is 0 Å². The van der Waals surface area contributed by atoms with Gasteiger partial charge in [-0.25, -0.2) is 0 Å². The van der Waals surface area contributed by atoms with E-state index in [1.165, 1.54) is 0 Å². The third-order valence-corrected chi connectivity index (χ3v) is 3.79. The molecule has 2 aromatic carbocycles. The molecular formula is C20H23NO5. The fourth-order valence-electron chi connectivity index (χ4n) is 2.32. The molecule has 2 rings (SSSR count). The lowest BCUT2D eigenvalue weighted by Crippen LogP contribution is -2.35. The average Bonchev–Trinajstić information content (AvgIpc) is 2.66. The lowest BCUT2D eigenvalue weighted by molar-refractivity contribution is -0.154. The van der Waals surface area contributed by atoms with Crippen molar-refractivity contribution in [2.75, 3.05) is 14.2 Å². The minimum Gasteiger partial charge on any atom is -0.497 e. The number of ether oxygens (including phenoxy) is 3. The topological polar surface area (TPSA) is 73.9 Å². The molecule has 6 heteroatoms. The van der Waals surface area contributed by atoms with Crippen LogP contribution in [0.3, 0.4) is 0 Å². The predicted octanol–water partition coefficient (Wildman–Crippen LogP) is 2.49. The lowest BCUT2D eigenvalue weighted by atomic mass is 10.1. The van der Waals surface area contributed by atoms with Crippen LogP contribution in [-0.2, 0) is 27.3 Å². The van der Waals surface area contributed by atoms with E-state index in [-0.39, 0.29) is 12.3 Å². The number of nitrogens with one attached hydrogen (secondary N) is 1. The van der Waals surface area contributed by atoms with Gasteiger partial charge in [-0.05, 0) is 42.3 Å². The highest BCUT2D eigenvalue weighted by atomic mass is 16.5. The number of rotatable bonds is 8. The fourth-order valence-corrected chi connectivity index (χ4v) is 2.32. The molecule has 0 aliphatic carbocycles. The molecule has 0 saturated heterocycles. The second-order valence-corrected chi connectivity index (χ2v) is 5.73. The summed E-state index contributed by atoms with van der Waals surface area (Å²) in [6.07, 6.45) is -0.792. The molecule has 0 radical (unpaired) electrons. The summed E-state index contributed by atoms with van der Waals surface area (Å²) in [7, 11) is 3.16. The van der Waals surface area contributed by atoms with Gasteiger partial charge in [0.25, 0.3) is 5.91 Å². The highest BCUT2D eigenvalue weighted by Crippen LogP contribution is 2.14. The summed E-state index contributed by atoms with van der Waals surface area (Å²) in [5, 5.41) is 2.75. The molecule has 0 aliphatic rings. The molecular weight excluding hydrogens is 334 g/mol. The number of carbonyl (C=O) groups excluding carboxylic acids is 2. The van der Waals surface area contributed by atoms with Gasteiger partial charge in [0.2, 0.25) is 0 Å². The van der Waals surface area contributed by atoms with E-state index < -0.39 is 12.1 Å². The van der Waals surface area contributed by atoms with Crippen LogP contribution in [-0.4, -0.2) is 32.2 Å². The number of hydrogen-bond acceptors (Lipinski definition) is 5. The van der Waals surface area contributed by atoms with E-state index in [9.17, 15) is 9.59 Å². The Balaban J connectivity index is 1.80. The zero-order chi connectivity index (χ0) is 18.9. The molecule has 26 heavy (non-hydrogen) atoms. The molecule has 2 aromatic rings. The van der Waals surface area contributed by atoms with E-state index in [0.717, 1.165) is 16.9 Å². The number of carbonyl (C=O) groups is 2. The van der Waals surface area contributed by atoms with Crippen LogP contribution in [0.4, 0.5) is 0 Å². The fraction of sp³-hybridized carbons (Fsp3) is 0.300. The molecule has 0 saturated carbocycles. The minimum atomic E-state index is -0.869. The monoisotopic (exact) mass is 357 g/mol. The van der Waals surface area contributed by atoms with Gasteiger partial charge in [0.1, 0.15) is 11.5 Å². The Morgan fingerprint density at radius 2 is 1.65 bits per heavy atom. The molecule has 0 aromatic heterocycles. The first-order chi connectivity index (χ1) is 12.5. The first-order valence-corrected chi connectivity index (χ1v) is 8.25. The van der Waals surface area contributed by atoms with Gasteiger partial charge in [-0.15, -0.1) is 0 Å². The largest absolute Gasteiger partial charge is 0.497 e. The minimum absolute atomic E-state index is 0.0767. The Labute approximate surface area is 153 Å². The van der Waals surface area contributed by atoms with Gasteiger partial charge in [-0.1, -0.05) is 24.3 Å². The van der Waals surface area contributed by atoms with Crippen molar-refractivity contribution in [2.24, 2.45) is 0 Å². The van der Waals surface area contributed by atoms with Gasteiger partial charge >= 0.3 is 5.97 Å². The smallest absolute Gasteiger partial charge is 0.311 e. The number of amides is 1. The Kier molecular flexibility index (Phi) is 7.02. The predicted molar refractivity (Wildman–Crippen MR) is 97.1 cm³/mol. The first kappa shape index (κ1) is 19.3. The highest BCUT2D eigenvalue weighted by Gasteiger charge is 2.17. The van der Waals surface area contributed by atoms with Crippen molar-refractivity contribution in [3.05, 3.63) is 59.7 Å². The van der Waals surface area contributed by atoms with Crippen LogP contribution >= 0.6 is 0 Å². The van der Waals surface area contributed by atoms with E-state index in [4.69, 9.17) is 14.2 Å². The van der Waals surface area contributed by atoms with Crippen molar-refractivity contribution in [1.29, 1.82) is 0 Å². The van der Waals surface area contributed by atoms with E-state index in [1.54, 1.807) is 45.4 Å². The quantitative estimate of drug-likeness (QED) is 0.735. The Morgan fingerprint density at radius 1 is 0.962 bits per heavy atom. The van der Waals surface area contributed by atoms with Crippen molar-refractivity contribution < 1.29 is 23.8 Å². The van der Waals surface area contributed by atoms with E-state index >= 15 is 0 Å². The molecule has 1 amide bonds. The van der Waals surface area contributed by atoms with Crippen molar-refractivity contribution in [3.63, 3.8) is 0 Å². The van der Waals surface area contributed by atoms with Gasteiger partial charge < -0.3 is 19.5 Å². The summed E-state index contributed by atoms with van der Waals surface area (Å²) >= 11 is 0. The van der Waals surface area contributed by atoms with Crippen molar-refractivity contribution in [2.45, 2.75) is 26.0 Å². The highest BCUT2D eigenvalue weighted by molar-refractivity contribution is 5.83. The number of methoxy groups -OCH3 is 2. The van der Waals surface area contributed by atoms with E-state index in [2.05, 4.69) is 5.32 Å². The molecule has 0 heterocycles. The molecule has 0 unspecified atom stereocenters. The maximum Gasteiger partial charge on any atom is 0.311 e. The maximum atomic E-state index is 12.1. The molecule has 0 bridgehead atoms. The molecule has 0 aliphatic heterocycles. The van der Waals surface area contributed by atoms with Gasteiger partial charge in [0.05, 0.1) is 20.6 Å². The molecule has 0 spiro atoms. The van der Waals surface area contributed by atoms with Gasteiger partial charge in [0.15, 0.2) is 6.10 Å². The van der Waals surface area contributed by atoms with Crippen molar-refractivity contribution in [3.8, 4) is 11.5 Å². The average molecular weight is 357 g/mol. The molecule has 1 atom stereocenters. The molecule has 6 nitrogen and oxygen atoms in total. The van der Waals surface area contributed by atoms with E-state index in [0.29, 0.717) is 12.3 Å². The summed E-state index contributed by atoms with van der Waals surface area (Å²) in [4.78, 5) is 24.1. The van der Waals surface area contributed by atoms with Crippen LogP contribution in [0.2, 0.25) is 0 Å². The third kappa shape index (κ3) is 5.81. The molecule has 0 fully saturated rings. The Morgan fingerprint density at radius 3 is 2.31 bits per heavy atom. The summed E-state index contributed by atoms with van der Waals surface area (Å²) in [6, 6.07) is 14.5. The molecule has 138 valence electrons. The summed E-state index contributed by atoms with van der Waals surface area (Å²) < 4.78 is 15.4. The zero-order valence-electron chi connectivity index (χ0n) is 15.2. The van der Waals surface area contributed by atoms with Gasteiger partial charge in [0, 0.05) is 6.54 Å². The second-order valence-electron chi connectivity index (χ2n) is 5.73. The van der Waals surface area contributed by atoms with Crippen LogP contribution in [0, 0.1) is 0 Å². The normalized spacial score (nSPS) is 11.3. The summed E-state index contributed by atoms with van der Waals surface area (Å²) in [6.45, 7) is 1.90. The SMILES string of the molecule is COc1ccc(CNC(=O)[C@H](C)OC(=O)Cc2cccc(OC)c2)cc1. The Hall–Kier alpha value is -3.02.